The van der Waals surface area contributed by atoms with E-state index in [9.17, 15) is 18.0 Å². The molecule has 0 atom stereocenters. The Hall–Kier alpha value is -2.75. The molecule has 2 aromatic rings. The number of halogens is 3. The standard InChI is InChI=1S/C22H28F3N5O2/c1-16-10-17(12-18(11-16)22(23,24)25)15-32-21(31)29-4-3-5-30-19(14-29)13-20(26-30)28-8-6-27(2)7-9-28/h10-13H,3-9,14-15H2,1-2H3. The molecule has 10 heteroatoms. The number of aromatic nitrogens is 2. The van der Waals surface area contributed by atoms with Crippen LogP contribution in [0.2, 0.25) is 0 Å². The number of carbonyl (C=O) groups excluding carboxylic acids is 1. The Morgan fingerprint density at radius 2 is 1.81 bits per heavy atom. The van der Waals surface area contributed by atoms with Gasteiger partial charge in [-0.25, -0.2) is 4.79 Å². The molecule has 2 aliphatic heterocycles. The van der Waals surface area contributed by atoms with Gasteiger partial charge < -0.3 is 19.4 Å². The number of amides is 1. The molecule has 0 radical (unpaired) electrons. The van der Waals surface area contributed by atoms with Crippen molar-refractivity contribution in [1.82, 2.24) is 19.6 Å². The summed E-state index contributed by atoms with van der Waals surface area (Å²) in [6.07, 6.45) is -4.24. The first kappa shape index (κ1) is 22.4. The molecule has 2 aliphatic rings. The molecule has 1 saturated heterocycles. The van der Waals surface area contributed by atoms with Crippen molar-refractivity contribution in [2.24, 2.45) is 0 Å². The molecule has 7 nitrogen and oxygen atoms in total. The summed E-state index contributed by atoms with van der Waals surface area (Å²) >= 11 is 0. The number of fused-ring (bicyclic) bond motifs is 1. The van der Waals surface area contributed by atoms with Gasteiger partial charge in [-0.15, -0.1) is 0 Å². The van der Waals surface area contributed by atoms with E-state index in [0.29, 0.717) is 30.8 Å². The highest BCUT2D eigenvalue weighted by atomic mass is 19.4. The van der Waals surface area contributed by atoms with E-state index in [-0.39, 0.29) is 6.61 Å². The lowest BCUT2D eigenvalue weighted by atomic mass is 10.1. The molecule has 0 saturated carbocycles. The number of piperazine rings is 1. The number of aryl methyl sites for hydroxylation is 2. The predicted octanol–water partition coefficient (Wildman–Crippen LogP) is 3.50. The van der Waals surface area contributed by atoms with E-state index in [0.717, 1.165) is 56.2 Å². The molecule has 1 aromatic heterocycles. The van der Waals surface area contributed by atoms with E-state index < -0.39 is 17.8 Å². The predicted molar refractivity (Wildman–Crippen MR) is 113 cm³/mol. The van der Waals surface area contributed by atoms with Gasteiger partial charge in [-0.05, 0) is 38.1 Å². The number of ether oxygens (including phenoxy) is 1. The minimum atomic E-state index is -4.44. The van der Waals surface area contributed by atoms with Crippen molar-refractivity contribution < 1.29 is 22.7 Å². The minimum absolute atomic E-state index is 0.202. The highest BCUT2D eigenvalue weighted by molar-refractivity contribution is 5.67. The lowest BCUT2D eigenvalue weighted by Gasteiger charge is -2.32. The Morgan fingerprint density at radius 1 is 1.06 bits per heavy atom. The van der Waals surface area contributed by atoms with Gasteiger partial charge in [-0.2, -0.15) is 18.3 Å². The van der Waals surface area contributed by atoms with E-state index in [1.807, 2.05) is 10.7 Å². The van der Waals surface area contributed by atoms with Gasteiger partial charge in [0, 0.05) is 45.3 Å². The molecular formula is C22H28F3N5O2. The summed E-state index contributed by atoms with van der Waals surface area (Å²) in [7, 11) is 2.10. The first-order valence-corrected chi connectivity index (χ1v) is 10.8. The van der Waals surface area contributed by atoms with Gasteiger partial charge in [0.1, 0.15) is 6.61 Å². The van der Waals surface area contributed by atoms with Gasteiger partial charge in [-0.3, -0.25) is 4.68 Å². The van der Waals surface area contributed by atoms with Crippen molar-refractivity contribution in [2.75, 3.05) is 44.7 Å². The van der Waals surface area contributed by atoms with Crippen LogP contribution in [0.5, 0.6) is 0 Å². The Morgan fingerprint density at radius 3 is 2.53 bits per heavy atom. The normalized spacial score (nSPS) is 17.8. The molecule has 174 valence electrons. The fourth-order valence-electron chi connectivity index (χ4n) is 4.14. The smallest absolute Gasteiger partial charge is 0.416 e. The van der Waals surface area contributed by atoms with Crippen LogP contribution in [-0.4, -0.2) is 65.4 Å². The second-order valence-electron chi connectivity index (χ2n) is 8.54. The number of anilines is 1. The first-order chi connectivity index (χ1) is 15.2. The van der Waals surface area contributed by atoms with E-state index in [4.69, 9.17) is 9.84 Å². The number of benzene rings is 1. The summed E-state index contributed by atoms with van der Waals surface area (Å²) in [4.78, 5) is 18.8. The fraction of sp³-hybridized carbons (Fsp3) is 0.545. The van der Waals surface area contributed by atoms with Crippen LogP contribution >= 0.6 is 0 Å². The molecule has 0 spiro atoms. The SMILES string of the molecule is Cc1cc(COC(=O)N2CCCn3nc(N4CCN(C)CC4)cc3C2)cc(C(F)(F)F)c1. The first-order valence-electron chi connectivity index (χ1n) is 10.8. The molecule has 0 aliphatic carbocycles. The topological polar surface area (TPSA) is 53.8 Å². The third-order valence-corrected chi connectivity index (χ3v) is 5.91. The summed E-state index contributed by atoms with van der Waals surface area (Å²) in [5.74, 6) is 0.919. The van der Waals surface area contributed by atoms with Crippen LogP contribution < -0.4 is 4.90 Å². The van der Waals surface area contributed by atoms with Crippen LogP contribution in [0.4, 0.5) is 23.8 Å². The zero-order valence-electron chi connectivity index (χ0n) is 18.4. The summed E-state index contributed by atoms with van der Waals surface area (Å²) in [5.41, 5.74) is 0.992. The molecule has 32 heavy (non-hydrogen) atoms. The molecule has 3 heterocycles. The number of alkyl halides is 3. The quantitative estimate of drug-likeness (QED) is 0.715. The van der Waals surface area contributed by atoms with Crippen LogP contribution in [0.1, 0.15) is 28.8 Å². The molecule has 0 bridgehead atoms. The highest BCUT2D eigenvalue weighted by Gasteiger charge is 2.31. The molecule has 1 fully saturated rings. The summed E-state index contributed by atoms with van der Waals surface area (Å²) in [5, 5.41) is 4.73. The summed E-state index contributed by atoms with van der Waals surface area (Å²) in [6.45, 7) is 6.75. The lowest BCUT2D eigenvalue weighted by Crippen LogP contribution is -2.44. The minimum Gasteiger partial charge on any atom is -0.445 e. The van der Waals surface area contributed by atoms with Gasteiger partial charge in [0.2, 0.25) is 0 Å². The van der Waals surface area contributed by atoms with E-state index >= 15 is 0 Å². The van der Waals surface area contributed by atoms with Gasteiger partial charge in [0.05, 0.1) is 17.8 Å². The lowest BCUT2D eigenvalue weighted by molar-refractivity contribution is -0.137. The van der Waals surface area contributed by atoms with Crippen LogP contribution in [0.25, 0.3) is 0 Å². The Bertz CT molecular complexity index is 967. The highest BCUT2D eigenvalue weighted by Crippen LogP contribution is 2.31. The molecule has 4 rings (SSSR count). The summed E-state index contributed by atoms with van der Waals surface area (Å²) < 4.78 is 46.5. The van der Waals surface area contributed by atoms with Crippen molar-refractivity contribution in [3.63, 3.8) is 0 Å². The average molecular weight is 451 g/mol. The second kappa shape index (κ2) is 9.01. The summed E-state index contributed by atoms with van der Waals surface area (Å²) in [6, 6.07) is 5.73. The van der Waals surface area contributed by atoms with Crippen LogP contribution in [-0.2, 0) is 30.6 Å². The third-order valence-electron chi connectivity index (χ3n) is 5.91. The van der Waals surface area contributed by atoms with E-state index in [1.165, 1.54) is 0 Å². The van der Waals surface area contributed by atoms with Crippen LogP contribution in [0.15, 0.2) is 24.3 Å². The maximum absolute atomic E-state index is 13.0. The second-order valence-corrected chi connectivity index (χ2v) is 8.54. The Balaban J connectivity index is 1.40. The van der Waals surface area contributed by atoms with Crippen LogP contribution in [0, 0.1) is 6.92 Å². The monoisotopic (exact) mass is 451 g/mol. The largest absolute Gasteiger partial charge is 0.445 e. The van der Waals surface area contributed by atoms with Crippen molar-refractivity contribution in [3.8, 4) is 0 Å². The van der Waals surface area contributed by atoms with Crippen LogP contribution in [0.3, 0.4) is 0 Å². The number of hydrogen-bond acceptors (Lipinski definition) is 5. The van der Waals surface area contributed by atoms with Crippen molar-refractivity contribution in [2.45, 2.75) is 39.2 Å². The number of nitrogens with zero attached hydrogens (tertiary/aromatic N) is 5. The maximum atomic E-state index is 13.0. The number of carbonyl (C=O) groups is 1. The van der Waals surface area contributed by atoms with Crippen molar-refractivity contribution >= 4 is 11.9 Å². The molecule has 1 aromatic carbocycles. The molecule has 0 N–H and O–H groups in total. The molecular weight excluding hydrogens is 423 g/mol. The number of rotatable bonds is 3. The molecule has 1 amide bonds. The number of likely N-dealkylation sites (N-methyl/N-ethyl adjacent to an activating group) is 1. The third kappa shape index (κ3) is 5.17. The molecule has 0 unspecified atom stereocenters. The average Bonchev–Trinajstić information content (AvgIpc) is 3.03. The zero-order chi connectivity index (χ0) is 22.9. The Kier molecular flexibility index (Phi) is 6.32. The van der Waals surface area contributed by atoms with Gasteiger partial charge in [-0.1, -0.05) is 11.6 Å². The van der Waals surface area contributed by atoms with Gasteiger partial charge in [0.15, 0.2) is 5.82 Å². The fourth-order valence-corrected chi connectivity index (χ4v) is 4.14. The Labute approximate surface area is 185 Å². The van der Waals surface area contributed by atoms with Gasteiger partial charge >= 0.3 is 12.3 Å². The van der Waals surface area contributed by atoms with E-state index in [1.54, 1.807) is 17.9 Å². The van der Waals surface area contributed by atoms with E-state index in [2.05, 4.69) is 16.8 Å². The number of hydrogen-bond donors (Lipinski definition) is 0. The maximum Gasteiger partial charge on any atom is 0.416 e. The van der Waals surface area contributed by atoms with Crippen molar-refractivity contribution in [1.29, 1.82) is 0 Å². The van der Waals surface area contributed by atoms with Gasteiger partial charge in [0.25, 0.3) is 0 Å². The zero-order valence-corrected chi connectivity index (χ0v) is 18.4. The van der Waals surface area contributed by atoms with Crippen molar-refractivity contribution in [3.05, 3.63) is 46.6 Å².